The Balaban J connectivity index is 0.000000141. The first-order valence-electron chi connectivity index (χ1n) is 38.4. The number of nitrogens with one attached hydrogen (secondary N) is 3. The van der Waals surface area contributed by atoms with Gasteiger partial charge in [-0.05, 0) is 142 Å². The first kappa shape index (κ1) is 65.9. The van der Waals surface area contributed by atoms with E-state index in [4.69, 9.17) is 9.97 Å². The quantitative estimate of drug-likeness (QED) is 0.114. The van der Waals surface area contributed by atoms with Crippen LogP contribution in [0.1, 0.15) is 35.2 Å². The van der Waals surface area contributed by atoms with E-state index >= 15 is 0 Å². The van der Waals surface area contributed by atoms with Crippen LogP contribution in [-0.4, -0.2) is 28.2 Å². The lowest BCUT2D eigenvalue weighted by Gasteiger charge is -2.39. The zero-order chi connectivity index (χ0) is 74.0. The van der Waals surface area contributed by atoms with Crippen LogP contribution in [0.5, 0.6) is 0 Å². The summed E-state index contributed by atoms with van der Waals surface area (Å²) in [5, 5.41) is 21.5. The van der Waals surface area contributed by atoms with Crippen LogP contribution in [-0.2, 0) is 0 Å². The summed E-state index contributed by atoms with van der Waals surface area (Å²) in [6.07, 6.45) is -0.189. The molecule has 3 N–H and O–H groups in total. The van der Waals surface area contributed by atoms with Crippen LogP contribution in [0.25, 0.3) is 166 Å². The molecule has 9 heteroatoms. The Morgan fingerprint density at radius 3 is 0.964 bits per heavy atom. The van der Waals surface area contributed by atoms with Crippen molar-refractivity contribution in [3.8, 4) is 78.9 Å². The summed E-state index contributed by atoms with van der Waals surface area (Å²) in [5.41, 5.74) is 27.0. The van der Waals surface area contributed by atoms with E-state index in [9.17, 15) is 0 Å². The van der Waals surface area contributed by atoms with Gasteiger partial charge in [0, 0.05) is 82.5 Å². The van der Waals surface area contributed by atoms with E-state index in [0.29, 0.717) is 5.82 Å². The van der Waals surface area contributed by atoms with Crippen LogP contribution in [0.2, 0.25) is 0 Å². The Morgan fingerprint density at radius 1 is 0.179 bits per heavy atom. The van der Waals surface area contributed by atoms with E-state index in [2.05, 4.69) is 429 Å². The first-order chi connectivity index (χ1) is 55.5. The number of hydrogen-bond acceptors (Lipinski definition) is 5. The molecule has 6 heterocycles. The third-order valence-corrected chi connectivity index (χ3v) is 22.3. The Hall–Kier alpha value is -14.3. The molecule has 530 valence electrons. The molecule has 0 aliphatic carbocycles. The van der Waals surface area contributed by atoms with Gasteiger partial charge in [0.2, 0.25) is 0 Å². The summed E-state index contributed by atoms with van der Waals surface area (Å²) in [7, 11) is 0. The van der Waals surface area contributed by atoms with Crippen molar-refractivity contribution in [1.29, 1.82) is 0 Å². The smallest absolute Gasteiger partial charge is 0.160 e. The molecule has 16 aromatic carbocycles. The van der Waals surface area contributed by atoms with Gasteiger partial charge in [0.15, 0.2) is 5.82 Å². The highest BCUT2D eigenvalue weighted by atomic mass is 15.4. The normalized spacial score (nSPS) is 14.4. The third kappa shape index (κ3) is 11.8. The van der Waals surface area contributed by atoms with Crippen LogP contribution in [0.3, 0.4) is 0 Å². The zero-order valence-corrected chi connectivity index (χ0v) is 61.1. The van der Waals surface area contributed by atoms with Gasteiger partial charge in [0.1, 0.15) is 0 Å². The Bertz CT molecular complexity index is 7030. The van der Waals surface area contributed by atoms with Crippen LogP contribution in [0, 0.1) is 0 Å². The van der Waals surface area contributed by atoms with Crippen molar-refractivity contribution in [3.63, 3.8) is 0 Å². The maximum atomic E-state index is 5.24. The summed E-state index contributed by atoms with van der Waals surface area (Å²) in [6.45, 7) is 0. The minimum Gasteiger partial charge on any atom is -0.309 e. The molecule has 22 rings (SSSR count). The third-order valence-electron chi connectivity index (χ3n) is 22.3. The molecule has 112 heavy (non-hydrogen) atoms. The van der Waals surface area contributed by atoms with E-state index in [0.717, 1.165) is 61.9 Å². The van der Waals surface area contributed by atoms with Gasteiger partial charge >= 0.3 is 0 Å². The summed E-state index contributed by atoms with van der Waals surface area (Å²) in [4.78, 5) is 10.4. The summed E-state index contributed by atoms with van der Waals surface area (Å²) >= 11 is 0. The number of hydrogen-bond donors (Lipinski definition) is 3. The Kier molecular flexibility index (Phi) is 16.5. The van der Waals surface area contributed by atoms with Gasteiger partial charge in [-0.3, -0.25) is 16.0 Å². The van der Waals surface area contributed by atoms with Crippen molar-refractivity contribution < 1.29 is 0 Å². The predicted octanol–water partition coefficient (Wildman–Crippen LogP) is 25.1. The average molecular weight is 1440 g/mol. The minimum absolute atomic E-state index is 0.0415. The molecule has 5 aromatic heterocycles. The van der Waals surface area contributed by atoms with Gasteiger partial charge in [-0.15, -0.1) is 0 Å². The van der Waals surface area contributed by atoms with Gasteiger partial charge in [0.05, 0.1) is 74.0 Å². The second kappa shape index (κ2) is 28.0. The molecular formula is C103H73N9. The number of fused-ring (bicyclic) bond motifs is 12. The van der Waals surface area contributed by atoms with E-state index in [1.54, 1.807) is 0 Å². The monoisotopic (exact) mass is 1440 g/mol. The highest BCUT2D eigenvalue weighted by Gasteiger charge is 2.31. The predicted molar refractivity (Wildman–Crippen MR) is 464 cm³/mol. The molecule has 1 saturated heterocycles. The second-order valence-electron chi connectivity index (χ2n) is 29.0. The molecule has 0 saturated carbocycles. The minimum atomic E-state index is -0.106. The van der Waals surface area contributed by atoms with Crippen molar-refractivity contribution >= 4 is 87.2 Å². The number of nitrogens with zero attached hydrogens (tertiary/aromatic N) is 6. The molecular weight excluding hydrogens is 1360 g/mol. The molecule has 0 radical (unpaired) electrons. The van der Waals surface area contributed by atoms with Gasteiger partial charge in [-0.2, -0.15) is 0 Å². The summed E-state index contributed by atoms with van der Waals surface area (Å²) < 4.78 is 9.66. The maximum absolute atomic E-state index is 5.24. The standard InChI is InChI=1S/C52H34N4.C51H39N5/c1-4-15-35(16-5-1)36-27-29-38(30-28-36)47-33-46(37-17-6-2-7-18-37)53-52(54-47)39-19-14-22-41(31-39)56-49-26-13-11-24-43(49)45-32-44-42-23-10-12-25-48(42)55(50(44)34-51(45)56)40-20-8-3-9-21-40;1-5-16-34(17-6-1)37-28-29-42-44-32-43-41-26-13-14-27-45(41)56(48(43)33-47(44)55(46(42)31-37)39-23-11-4-12-24-39)40-25-15-22-38(30-40)51-53-49(35-18-7-2-8-19-35)52-50(54-51)36-20-9-3-10-21-36/h1-34H;1-33,49-54H. The summed E-state index contributed by atoms with van der Waals surface area (Å²) in [6, 6.07) is 145. The first-order valence-corrected chi connectivity index (χ1v) is 38.4. The molecule has 1 fully saturated rings. The van der Waals surface area contributed by atoms with Crippen molar-refractivity contribution in [2.24, 2.45) is 0 Å². The average Bonchev–Trinajstić information content (AvgIpc) is 1.54. The lowest BCUT2D eigenvalue weighted by Crippen LogP contribution is -2.54. The number of para-hydroxylation sites is 5. The van der Waals surface area contributed by atoms with E-state index in [-0.39, 0.29) is 18.5 Å². The van der Waals surface area contributed by atoms with Crippen LogP contribution in [0.4, 0.5) is 0 Å². The highest BCUT2D eigenvalue weighted by Crippen LogP contribution is 2.44. The molecule has 9 nitrogen and oxygen atoms in total. The van der Waals surface area contributed by atoms with Crippen molar-refractivity contribution in [1.82, 2.24) is 44.2 Å². The van der Waals surface area contributed by atoms with Crippen LogP contribution in [0.15, 0.2) is 406 Å². The molecule has 0 spiro atoms. The molecule has 1 aliphatic rings. The number of rotatable bonds is 12. The van der Waals surface area contributed by atoms with Crippen molar-refractivity contribution in [3.05, 3.63) is 423 Å². The van der Waals surface area contributed by atoms with Crippen LogP contribution >= 0.6 is 0 Å². The highest BCUT2D eigenvalue weighted by molar-refractivity contribution is 6.21. The van der Waals surface area contributed by atoms with Crippen LogP contribution < -0.4 is 16.0 Å². The van der Waals surface area contributed by atoms with Crippen molar-refractivity contribution in [2.75, 3.05) is 0 Å². The second-order valence-corrected chi connectivity index (χ2v) is 29.0. The summed E-state index contributed by atoms with van der Waals surface area (Å²) in [5.74, 6) is 0.683. The molecule has 0 bridgehead atoms. The largest absolute Gasteiger partial charge is 0.309 e. The van der Waals surface area contributed by atoms with Crippen molar-refractivity contribution in [2.45, 2.75) is 18.5 Å². The molecule has 0 amide bonds. The lowest BCUT2D eigenvalue weighted by molar-refractivity contribution is 0.203. The Labute approximate surface area is 647 Å². The number of aromatic nitrogens is 6. The van der Waals surface area contributed by atoms with E-state index in [1.807, 2.05) is 12.1 Å². The van der Waals surface area contributed by atoms with Gasteiger partial charge in [-0.1, -0.05) is 303 Å². The fourth-order valence-corrected chi connectivity index (χ4v) is 17.1. The fourth-order valence-electron chi connectivity index (χ4n) is 17.1. The molecule has 2 unspecified atom stereocenters. The van der Waals surface area contributed by atoms with Gasteiger partial charge in [0.25, 0.3) is 0 Å². The van der Waals surface area contributed by atoms with E-state index in [1.165, 1.54) is 115 Å². The molecule has 2 atom stereocenters. The topological polar surface area (TPSA) is 81.6 Å². The number of benzene rings is 16. The van der Waals surface area contributed by atoms with E-state index < -0.39 is 0 Å². The Morgan fingerprint density at radius 2 is 0.482 bits per heavy atom. The molecule has 21 aromatic rings. The van der Waals surface area contributed by atoms with Gasteiger partial charge in [-0.25, -0.2) is 9.97 Å². The maximum Gasteiger partial charge on any atom is 0.160 e. The molecule has 1 aliphatic heterocycles. The zero-order valence-electron chi connectivity index (χ0n) is 61.1. The lowest BCUT2D eigenvalue weighted by atomic mass is 10.0. The fraction of sp³-hybridized carbons (Fsp3) is 0.0291. The van der Waals surface area contributed by atoms with Gasteiger partial charge < -0.3 is 18.3 Å². The SMILES string of the molecule is c1ccc(-c2ccc(-c3cc(-c4ccccc4)nc(-c4cccc(-n5c6ccccc6c6cc7c8ccccc8n(-c8ccccc8)c7cc65)c4)n3)cc2)cc1.c1ccc(-c2ccc3c4cc5c6ccccc6n(-c6cccc(C7NC(c8ccccc8)NC(c8ccccc8)N7)c6)c5cc4n(-c4ccccc4)c3c2)cc1.